The van der Waals surface area contributed by atoms with Gasteiger partial charge in [0, 0.05) is 23.8 Å². The molecule has 0 atom stereocenters. The van der Waals surface area contributed by atoms with Crippen LogP contribution in [-0.4, -0.2) is 38.0 Å². The first-order valence-corrected chi connectivity index (χ1v) is 6.75. The number of aliphatic hydroxyl groups is 1. The number of nitrogens with zero attached hydrogens (tertiary/aromatic N) is 1. The molecule has 0 bridgehead atoms. The third-order valence-corrected chi connectivity index (χ3v) is 4.63. The number of aliphatic hydroxyl groups excluding tert-OH is 1. The SMILES string of the molecule is CN(CCO)S(=O)(=O)c1ccc(N)c(Br)c1. The number of benzene rings is 1. The molecule has 0 radical (unpaired) electrons. The first kappa shape index (κ1) is 13.4. The lowest BCUT2D eigenvalue weighted by Gasteiger charge is -2.16. The average Bonchev–Trinajstić information content (AvgIpc) is 2.22. The largest absolute Gasteiger partial charge is 0.398 e. The number of nitrogen functional groups attached to an aromatic ring is 1. The highest BCUT2D eigenvalue weighted by Crippen LogP contribution is 2.24. The molecule has 1 aromatic rings. The van der Waals surface area contributed by atoms with Gasteiger partial charge in [-0.05, 0) is 34.1 Å². The van der Waals surface area contributed by atoms with E-state index < -0.39 is 10.0 Å². The number of hydrogen-bond donors (Lipinski definition) is 2. The van der Waals surface area contributed by atoms with Crippen LogP contribution in [0, 0.1) is 0 Å². The van der Waals surface area contributed by atoms with Crippen molar-refractivity contribution in [2.75, 3.05) is 25.9 Å². The van der Waals surface area contributed by atoms with Crippen molar-refractivity contribution >= 4 is 31.6 Å². The molecule has 0 aliphatic rings. The summed E-state index contributed by atoms with van der Waals surface area (Å²) in [7, 11) is -2.14. The molecule has 5 nitrogen and oxygen atoms in total. The van der Waals surface area contributed by atoms with Gasteiger partial charge >= 0.3 is 0 Å². The van der Waals surface area contributed by atoms with Crippen LogP contribution in [0.5, 0.6) is 0 Å². The first-order chi connectivity index (χ1) is 7.39. The molecule has 16 heavy (non-hydrogen) atoms. The summed E-state index contributed by atoms with van der Waals surface area (Å²) in [6.45, 7) is -0.157. The molecule has 1 aromatic carbocycles. The zero-order valence-corrected chi connectivity index (χ0v) is 11.1. The standard InChI is InChI=1S/C9H13BrN2O3S/c1-12(4-5-13)16(14,15)7-2-3-9(11)8(10)6-7/h2-3,6,13H,4-5,11H2,1H3. The number of hydrogen-bond acceptors (Lipinski definition) is 4. The quantitative estimate of drug-likeness (QED) is 0.800. The minimum atomic E-state index is -3.55. The molecule has 1 rings (SSSR count). The van der Waals surface area contributed by atoms with Crippen LogP contribution < -0.4 is 5.73 Å². The summed E-state index contributed by atoms with van der Waals surface area (Å²) in [5.74, 6) is 0. The Hall–Kier alpha value is -0.630. The van der Waals surface area contributed by atoms with Gasteiger partial charge in [-0.3, -0.25) is 0 Å². The fourth-order valence-electron chi connectivity index (χ4n) is 1.11. The topological polar surface area (TPSA) is 83.6 Å². The summed E-state index contributed by atoms with van der Waals surface area (Å²) in [5.41, 5.74) is 6.05. The van der Waals surface area contributed by atoms with Crippen LogP contribution in [0.3, 0.4) is 0 Å². The number of nitrogens with two attached hydrogens (primary N) is 1. The third-order valence-electron chi connectivity index (χ3n) is 2.09. The molecular weight excluding hydrogens is 296 g/mol. The van der Waals surface area contributed by atoms with Crippen LogP contribution in [0.15, 0.2) is 27.6 Å². The lowest BCUT2D eigenvalue weighted by atomic mass is 10.3. The molecule has 0 unspecified atom stereocenters. The lowest BCUT2D eigenvalue weighted by molar-refractivity contribution is 0.266. The summed E-state index contributed by atoms with van der Waals surface area (Å²) in [6.07, 6.45) is 0. The van der Waals surface area contributed by atoms with E-state index in [1.807, 2.05) is 0 Å². The van der Waals surface area contributed by atoms with Gasteiger partial charge in [0.15, 0.2) is 0 Å². The fraction of sp³-hybridized carbons (Fsp3) is 0.333. The Balaban J connectivity index is 3.12. The van der Waals surface area contributed by atoms with E-state index in [1.165, 1.54) is 25.2 Å². The second kappa shape index (κ2) is 5.13. The second-order valence-electron chi connectivity index (χ2n) is 3.23. The van der Waals surface area contributed by atoms with Crippen molar-refractivity contribution in [3.8, 4) is 0 Å². The Morgan fingerprint density at radius 2 is 2.12 bits per heavy atom. The van der Waals surface area contributed by atoms with Crippen molar-refractivity contribution in [3.63, 3.8) is 0 Å². The van der Waals surface area contributed by atoms with Crippen LogP contribution >= 0.6 is 15.9 Å². The highest BCUT2D eigenvalue weighted by atomic mass is 79.9. The van der Waals surface area contributed by atoms with E-state index in [2.05, 4.69) is 15.9 Å². The Morgan fingerprint density at radius 1 is 1.50 bits per heavy atom. The van der Waals surface area contributed by atoms with Gasteiger partial charge in [-0.1, -0.05) is 0 Å². The highest BCUT2D eigenvalue weighted by molar-refractivity contribution is 9.10. The number of anilines is 1. The maximum absolute atomic E-state index is 11.9. The molecule has 7 heteroatoms. The van der Waals surface area contributed by atoms with Crippen LogP contribution in [0.25, 0.3) is 0 Å². The van der Waals surface area contributed by atoms with E-state index in [1.54, 1.807) is 0 Å². The highest BCUT2D eigenvalue weighted by Gasteiger charge is 2.20. The molecule has 0 heterocycles. The number of likely N-dealkylation sites (N-methyl/N-ethyl adjacent to an activating group) is 1. The Kier molecular flexibility index (Phi) is 4.31. The molecule has 90 valence electrons. The summed E-state index contributed by atoms with van der Waals surface area (Å²) in [5, 5.41) is 8.71. The van der Waals surface area contributed by atoms with Gasteiger partial charge in [0.1, 0.15) is 0 Å². The molecular formula is C9H13BrN2O3S. The van der Waals surface area contributed by atoms with Crippen LogP contribution in [0.4, 0.5) is 5.69 Å². The van der Waals surface area contributed by atoms with Gasteiger partial charge in [-0.2, -0.15) is 4.31 Å². The van der Waals surface area contributed by atoms with Crippen LogP contribution in [0.2, 0.25) is 0 Å². The third kappa shape index (κ3) is 2.73. The number of sulfonamides is 1. The van der Waals surface area contributed by atoms with Gasteiger partial charge in [0.2, 0.25) is 10.0 Å². The van der Waals surface area contributed by atoms with Crippen molar-refractivity contribution < 1.29 is 13.5 Å². The van der Waals surface area contributed by atoms with Gasteiger partial charge in [-0.25, -0.2) is 8.42 Å². The normalized spacial score (nSPS) is 12.0. The maximum atomic E-state index is 11.9. The maximum Gasteiger partial charge on any atom is 0.242 e. The molecule has 0 spiro atoms. The van der Waals surface area contributed by atoms with Gasteiger partial charge in [0.25, 0.3) is 0 Å². The van der Waals surface area contributed by atoms with Crippen LogP contribution in [0.1, 0.15) is 0 Å². The Labute approximate surface area is 103 Å². The van der Waals surface area contributed by atoms with Gasteiger partial charge < -0.3 is 10.8 Å². The molecule has 0 aliphatic heterocycles. The molecule has 0 amide bonds. The Morgan fingerprint density at radius 3 is 2.62 bits per heavy atom. The molecule has 0 fully saturated rings. The fourth-order valence-corrected chi connectivity index (χ4v) is 2.83. The monoisotopic (exact) mass is 308 g/mol. The smallest absolute Gasteiger partial charge is 0.242 e. The molecule has 0 aliphatic carbocycles. The van der Waals surface area contributed by atoms with Crippen molar-refractivity contribution in [2.24, 2.45) is 0 Å². The Bertz CT molecular complexity index is 476. The second-order valence-corrected chi connectivity index (χ2v) is 6.13. The van der Waals surface area contributed by atoms with Gasteiger partial charge in [-0.15, -0.1) is 0 Å². The number of halogens is 1. The zero-order chi connectivity index (χ0) is 12.3. The van der Waals surface area contributed by atoms with E-state index >= 15 is 0 Å². The summed E-state index contributed by atoms with van der Waals surface area (Å²) in [4.78, 5) is 0.143. The zero-order valence-electron chi connectivity index (χ0n) is 8.72. The van der Waals surface area contributed by atoms with E-state index in [-0.39, 0.29) is 18.0 Å². The van der Waals surface area contributed by atoms with E-state index in [9.17, 15) is 8.42 Å². The van der Waals surface area contributed by atoms with Crippen molar-refractivity contribution in [3.05, 3.63) is 22.7 Å². The van der Waals surface area contributed by atoms with Crippen molar-refractivity contribution in [2.45, 2.75) is 4.90 Å². The van der Waals surface area contributed by atoms with Crippen molar-refractivity contribution in [1.82, 2.24) is 4.31 Å². The predicted octanol–water partition coefficient (Wildman–Crippen LogP) is 0.644. The molecule has 3 N–H and O–H groups in total. The minimum Gasteiger partial charge on any atom is -0.398 e. The predicted molar refractivity (Wildman–Crippen MR) is 65.5 cm³/mol. The number of rotatable bonds is 4. The van der Waals surface area contributed by atoms with E-state index in [0.29, 0.717) is 10.2 Å². The molecule has 0 saturated carbocycles. The first-order valence-electron chi connectivity index (χ1n) is 4.52. The summed E-state index contributed by atoms with van der Waals surface area (Å²) < 4.78 is 25.5. The minimum absolute atomic E-state index is 0.0599. The summed E-state index contributed by atoms with van der Waals surface area (Å²) in [6, 6.07) is 4.39. The van der Waals surface area contributed by atoms with E-state index in [0.717, 1.165) is 4.31 Å². The van der Waals surface area contributed by atoms with Crippen LogP contribution in [-0.2, 0) is 10.0 Å². The van der Waals surface area contributed by atoms with Crippen molar-refractivity contribution in [1.29, 1.82) is 0 Å². The molecule has 0 saturated heterocycles. The lowest BCUT2D eigenvalue weighted by Crippen LogP contribution is -2.29. The summed E-state index contributed by atoms with van der Waals surface area (Å²) >= 11 is 3.17. The van der Waals surface area contributed by atoms with E-state index in [4.69, 9.17) is 10.8 Å². The average molecular weight is 309 g/mol. The molecule has 0 aromatic heterocycles. The van der Waals surface area contributed by atoms with Gasteiger partial charge in [0.05, 0.1) is 11.5 Å².